The van der Waals surface area contributed by atoms with Crippen LogP contribution in [0.1, 0.15) is 39.5 Å². The van der Waals surface area contributed by atoms with Gasteiger partial charge in [-0.15, -0.1) is 0 Å². The Labute approximate surface area is 112 Å². The topological polar surface area (TPSA) is 52.7 Å². The van der Waals surface area contributed by atoms with Gasteiger partial charge in [-0.25, -0.2) is 0 Å². The number of rotatable bonds is 8. The zero-order valence-corrected chi connectivity index (χ0v) is 12.7. The van der Waals surface area contributed by atoms with Gasteiger partial charge in [0.15, 0.2) is 0 Å². The molecule has 108 valence electrons. The minimum atomic E-state index is -3.24. The maximum atomic E-state index is 12.3. The Balaban J connectivity index is 2.37. The van der Waals surface area contributed by atoms with Crippen LogP contribution in [0.3, 0.4) is 0 Å². The molecule has 1 fully saturated rings. The molecule has 0 aromatic heterocycles. The Morgan fingerprint density at radius 2 is 2.11 bits per heavy atom. The third-order valence-corrected chi connectivity index (χ3v) is 5.54. The smallest absolute Gasteiger partial charge is 0.281 e. The van der Waals surface area contributed by atoms with Crippen molar-refractivity contribution in [2.75, 3.05) is 33.2 Å². The largest absolute Gasteiger partial charge is 0.317 e. The second-order valence-corrected chi connectivity index (χ2v) is 7.02. The van der Waals surface area contributed by atoms with Gasteiger partial charge in [0.2, 0.25) is 0 Å². The van der Waals surface area contributed by atoms with E-state index in [-0.39, 0.29) is 6.04 Å². The molecule has 1 unspecified atom stereocenters. The van der Waals surface area contributed by atoms with Crippen molar-refractivity contribution in [1.29, 1.82) is 0 Å². The van der Waals surface area contributed by atoms with Crippen molar-refractivity contribution in [3.8, 4) is 0 Å². The maximum Gasteiger partial charge on any atom is 0.281 e. The van der Waals surface area contributed by atoms with Crippen LogP contribution in [0.5, 0.6) is 0 Å². The summed E-state index contributed by atoms with van der Waals surface area (Å²) in [6, 6.07) is 0.149. The highest BCUT2D eigenvalue weighted by atomic mass is 32.2. The van der Waals surface area contributed by atoms with Crippen LogP contribution in [0.25, 0.3) is 0 Å². The Morgan fingerprint density at radius 3 is 2.67 bits per heavy atom. The standard InChI is InChI=1S/C12H27N3O2S/c1-4-8-13-9-6-10-14(3)18(16,17)15-11-5-7-12(15)2/h12-13H,4-11H2,1-3H3. The molecule has 1 aliphatic heterocycles. The summed E-state index contributed by atoms with van der Waals surface area (Å²) in [5.41, 5.74) is 0. The Hall–Kier alpha value is -0.170. The summed E-state index contributed by atoms with van der Waals surface area (Å²) in [6.07, 6.45) is 3.93. The minimum Gasteiger partial charge on any atom is -0.317 e. The van der Waals surface area contributed by atoms with Crippen LogP contribution < -0.4 is 5.32 Å². The van der Waals surface area contributed by atoms with Crippen molar-refractivity contribution in [3.05, 3.63) is 0 Å². The van der Waals surface area contributed by atoms with Gasteiger partial charge in [0, 0.05) is 26.2 Å². The lowest BCUT2D eigenvalue weighted by Crippen LogP contribution is -2.44. The minimum absolute atomic E-state index is 0.149. The summed E-state index contributed by atoms with van der Waals surface area (Å²) in [5, 5.41) is 3.29. The third-order valence-electron chi connectivity index (χ3n) is 3.44. The molecule has 0 aromatic carbocycles. The van der Waals surface area contributed by atoms with E-state index in [1.807, 2.05) is 6.92 Å². The molecule has 1 saturated heterocycles. The van der Waals surface area contributed by atoms with Crippen LogP contribution in [-0.2, 0) is 10.2 Å². The summed E-state index contributed by atoms with van der Waals surface area (Å²) in [4.78, 5) is 0. The highest BCUT2D eigenvalue weighted by molar-refractivity contribution is 7.86. The lowest BCUT2D eigenvalue weighted by molar-refractivity contribution is 0.352. The fraction of sp³-hybridized carbons (Fsp3) is 1.00. The SMILES string of the molecule is CCCNCCCN(C)S(=O)(=O)N1CCCC1C. The molecule has 18 heavy (non-hydrogen) atoms. The molecule has 1 atom stereocenters. The predicted molar refractivity (Wildman–Crippen MR) is 74.7 cm³/mol. The summed E-state index contributed by atoms with van der Waals surface area (Å²) in [6.45, 7) is 7.24. The van der Waals surface area contributed by atoms with Crippen LogP contribution in [0.2, 0.25) is 0 Å². The van der Waals surface area contributed by atoms with Gasteiger partial charge in [-0.1, -0.05) is 6.92 Å². The molecule has 1 N–H and O–H groups in total. The summed E-state index contributed by atoms with van der Waals surface area (Å²) in [7, 11) is -1.56. The molecule has 0 aliphatic carbocycles. The third kappa shape index (κ3) is 4.19. The van der Waals surface area contributed by atoms with Crippen molar-refractivity contribution in [2.45, 2.75) is 45.6 Å². The lowest BCUT2D eigenvalue weighted by atomic mass is 10.3. The van der Waals surface area contributed by atoms with Gasteiger partial charge >= 0.3 is 0 Å². The average molecular weight is 277 g/mol. The van der Waals surface area contributed by atoms with Crippen LogP contribution in [0.4, 0.5) is 0 Å². The first kappa shape index (κ1) is 15.9. The molecule has 0 radical (unpaired) electrons. The molecule has 0 saturated carbocycles. The van der Waals surface area contributed by atoms with E-state index in [0.717, 1.165) is 38.8 Å². The molecule has 1 rings (SSSR count). The Kier molecular flexibility index (Phi) is 6.55. The summed E-state index contributed by atoms with van der Waals surface area (Å²) < 4.78 is 27.7. The predicted octanol–water partition coefficient (Wildman–Crippen LogP) is 1.04. The maximum absolute atomic E-state index is 12.3. The zero-order valence-electron chi connectivity index (χ0n) is 11.9. The number of nitrogens with zero attached hydrogens (tertiary/aromatic N) is 2. The molecule has 6 heteroatoms. The van der Waals surface area contributed by atoms with E-state index >= 15 is 0 Å². The van der Waals surface area contributed by atoms with Crippen LogP contribution in [0.15, 0.2) is 0 Å². The van der Waals surface area contributed by atoms with Crippen molar-refractivity contribution in [2.24, 2.45) is 0 Å². The zero-order chi connectivity index (χ0) is 13.6. The highest BCUT2D eigenvalue weighted by Crippen LogP contribution is 2.21. The fourth-order valence-corrected chi connectivity index (χ4v) is 3.91. The molecule has 5 nitrogen and oxygen atoms in total. The van der Waals surface area contributed by atoms with Gasteiger partial charge in [0.05, 0.1) is 0 Å². The molecule has 0 amide bonds. The van der Waals surface area contributed by atoms with Gasteiger partial charge in [0.25, 0.3) is 10.2 Å². The first-order valence-corrected chi connectivity index (χ1v) is 8.33. The Bertz CT molecular complexity index is 332. The van der Waals surface area contributed by atoms with Crippen molar-refractivity contribution in [3.63, 3.8) is 0 Å². The molecule has 0 spiro atoms. The van der Waals surface area contributed by atoms with Crippen LogP contribution >= 0.6 is 0 Å². The van der Waals surface area contributed by atoms with Crippen molar-refractivity contribution < 1.29 is 8.42 Å². The van der Waals surface area contributed by atoms with Crippen LogP contribution in [-0.4, -0.2) is 56.3 Å². The average Bonchev–Trinajstić information content (AvgIpc) is 2.75. The monoisotopic (exact) mass is 277 g/mol. The van der Waals surface area contributed by atoms with E-state index in [4.69, 9.17) is 0 Å². The second-order valence-electron chi connectivity index (χ2n) is 5.03. The molecule has 1 heterocycles. The van der Waals surface area contributed by atoms with E-state index in [9.17, 15) is 8.42 Å². The molecule has 0 bridgehead atoms. The van der Waals surface area contributed by atoms with Gasteiger partial charge in [-0.2, -0.15) is 17.0 Å². The first-order valence-electron chi connectivity index (χ1n) is 6.94. The van der Waals surface area contributed by atoms with E-state index < -0.39 is 10.2 Å². The van der Waals surface area contributed by atoms with E-state index in [2.05, 4.69) is 12.2 Å². The Morgan fingerprint density at radius 1 is 1.39 bits per heavy atom. The van der Waals surface area contributed by atoms with E-state index in [1.54, 1.807) is 11.4 Å². The lowest BCUT2D eigenvalue weighted by Gasteiger charge is -2.27. The number of nitrogens with one attached hydrogen (secondary N) is 1. The normalized spacial score (nSPS) is 21.9. The van der Waals surface area contributed by atoms with E-state index in [1.165, 1.54) is 4.31 Å². The first-order chi connectivity index (χ1) is 8.50. The summed E-state index contributed by atoms with van der Waals surface area (Å²) in [5.74, 6) is 0. The van der Waals surface area contributed by atoms with Gasteiger partial charge < -0.3 is 5.32 Å². The number of hydrogen-bond donors (Lipinski definition) is 1. The quantitative estimate of drug-likeness (QED) is 0.674. The van der Waals surface area contributed by atoms with E-state index in [0.29, 0.717) is 13.1 Å². The van der Waals surface area contributed by atoms with Gasteiger partial charge in [-0.3, -0.25) is 0 Å². The van der Waals surface area contributed by atoms with Gasteiger partial charge in [0.1, 0.15) is 0 Å². The molecular formula is C12H27N3O2S. The fourth-order valence-electron chi connectivity index (χ4n) is 2.27. The van der Waals surface area contributed by atoms with Crippen molar-refractivity contribution >= 4 is 10.2 Å². The molecule has 0 aromatic rings. The molecular weight excluding hydrogens is 250 g/mol. The summed E-state index contributed by atoms with van der Waals surface area (Å²) >= 11 is 0. The second kappa shape index (κ2) is 7.43. The van der Waals surface area contributed by atoms with Crippen molar-refractivity contribution in [1.82, 2.24) is 13.9 Å². The molecule has 1 aliphatic rings. The van der Waals surface area contributed by atoms with Gasteiger partial charge in [-0.05, 0) is 45.7 Å². The number of hydrogen-bond acceptors (Lipinski definition) is 3. The highest BCUT2D eigenvalue weighted by Gasteiger charge is 2.33. The van der Waals surface area contributed by atoms with Crippen LogP contribution in [0, 0.1) is 0 Å².